The SMILES string of the molecule is CN(C)C(=O)[C@H](O)c1ccccc1. The van der Waals surface area contributed by atoms with Crippen LogP contribution in [0.5, 0.6) is 0 Å². The fraction of sp³-hybridized carbons (Fsp3) is 0.300. The summed E-state index contributed by atoms with van der Waals surface area (Å²) in [5.74, 6) is -0.300. The van der Waals surface area contributed by atoms with Gasteiger partial charge in [-0.1, -0.05) is 30.3 Å². The summed E-state index contributed by atoms with van der Waals surface area (Å²) in [5, 5.41) is 9.57. The van der Waals surface area contributed by atoms with Crippen LogP contribution in [-0.4, -0.2) is 30.0 Å². The molecule has 1 atom stereocenters. The number of benzene rings is 1. The molecule has 1 rings (SSSR count). The lowest BCUT2D eigenvalue weighted by Crippen LogP contribution is -2.27. The van der Waals surface area contributed by atoms with E-state index in [-0.39, 0.29) is 5.91 Å². The summed E-state index contributed by atoms with van der Waals surface area (Å²) in [4.78, 5) is 12.7. The Morgan fingerprint density at radius 2 is 1.85 bits per heavy atom. The van der Waals surface area contributed by atoms with E-state index in [0.717, 1.165) is 0 Å². The highest BCUT2D eigenvalue weighted by molar-refractivity contribution is 5.81. The molecule has 0 saturated heterocycles. The van der Waals surface area contributed by atoms with Crippen molar-refractivity contribution in [3.05, 3.63) is 35.9 Å². The molecule has 0 spiro atoms. The zero-order valence-corrected chi connectivity index (χ0v) is 7.77. The Hall–Kier alpha value is -1.35. The van der Waals surface area contributed by atoms with Crippen molar-refractivity contribution in [2.45, 2.75) is 6.10 Å². The molecule has 1 aromatic carbocycles. The van der Waals surface area contributed by atoms with Gasteiger partial charge in [0.05, 0.1) is 0 Å². The van der Waals surface area contributed by atoms with Gasteiger partial charge in [0.25, 0.3) is 5.91 Å². The highest BCUT2D eigenvalue weighted by atomic mass is 16.3. The number of carbonyl (C=O) groups is 1. The second-order valence-corrected chi connectivity index (χ2v) is 3.05. The molecule has 0 heterocycles. The lowest BCUT2D eigenvalue weighted by atomic mass is 10.1. The van der Waals surface area contributed by atoms with Gasteiger partial charge in [-0.15, -0.1) is 0 Å². The monoisotopic (exact) mass is 179 g/mol. The third-order valence-electron chi connectivity index (χ3n) is 1.79. The molecule has 1 aromatic rings. The molecule has 0 aliphatic heterocycles. The molecule has 70 valence electrons. The zero-order valence-electron chi connectivity index (χ0n) is 7.77. The molecule has 13 heavy (non-hydrogen) atoms. The second kappa shape index (κ2) is 4.05. The molecule has 0 unspecified atom stereocenters. The van der Waals surface area contributed by atoms with Gasteiger partial charge in [0.15, 0.2) is 6.10 Å². The van der Waals surface area contributed by atoms with Crippen molar-refractivity contribution >= 4 is 5.91 Å². The highest BCUT2D eigenvalue weighted by Crippen LogP contribution is 2.13. The van der Waals surface area contributed by atoms with Gasteiger partial charge >= 0.3 is 0 Å². The van der Waals surface area contributed by atoms with Gasteiger partial charge in [0.1, 0.15) is 0 Å². The third-order valence-corrected chi connectivity index (χ3v) is 1.79. The summed E-state index contributed by atoms with van der Waals surface area (Å²) in [6.07, 6.45) is -1.05. The molecule has 3 heteroatoms. The normalized spacial score (nSPS) is 12.2. The number of amides is 1. The number of hydrogen-bond donors (Lipinski definition) is 1. The Morgan fingerprint density at radius 1 is 1.31 bits per heavy atom. The number of rotatable bonds is 2. The summed E-state index contributed by atoms with van der Waals surface area (Å²) in [7, 11) is 3.24. The van der Waals surface area contributed by atoms with Crippen molar-refractivity contribution in [2.24, 2.45) is 0 Å². The van der Waals surface area contributed by atoms with E-state index in [4.69, 9.17) is 0 Å². The Balaban J connectivity index is 2.80. The molecule has 0 fully saturated rings. The number of likely N-dealkylation sites (N-methyl/N-ethyl adjacent to an activating group) is 1. The van der Waals surface area contributed by atoms with E-state index in [9.17, 15) is 9.90 Å². The first-order valence-electron chi connectivity index (χ1n) is 4.07. The van der Waals surface area contributed by atoms with Crippen molar-refractivity contribution in [1.29, 1.82) is 0 Å². The summed E-state index contributed by atoms with van der Waals surface area (Å²) in [6, 6.07) is 8.89. The van der Waals surface area contributed by atoms with Gasteiger partial charge in [0.2, 0.25) is 0 Å². The summed E-state index contributed by atoms with van der Waals surface area (Å²) in [5.41, 5.74) is 0.626. The van der Waals surface area contributed by atoms with Crippen LogP contribution < -0.4 is 0 Å². The molecule has 0 radical (unpaired) electrons. The van der Waals surface area contributed by atoms with Crippen LogP contribution in [0.15, 0.2) is 30.3 Å². The molecular weight excluding hydrogens is 166 g/mol. The molecule has 0 bridgehead atoms. The van der Waals surface area contributed by atoms with Crippen LogP contribution in [-0.2, 0) is 4.79 Å². The van der Waals surface area contributed by atoms with Gasteiger partial charge in [-0.05, 0) is 5.56 Å². The molecule has 0 aromatic heterocycles. The van der Waals surface area contributed by atoms with Crippen molar-refractivity contribution < 1.29 is 9.90 Å². The average molecular weight is 179 g/mol. The lowest BCUT2D eigenvalue weighted by Gasteiger charge is -2.15. The van der Waals surface area contributed by atoms with E-state index in [1.54, 1.807) is 38.4 Å². The standard InChI is InChI=1S/C10H13NO2/c1-11(2)10(13)9(12)8-6-4-3-5-7-8/h3-7,9,12H,1-2H3/t9-/m1/s1. The summed E-state index contributed by atoms with van der Waals surface area (Å²) in [6.45, 7) is 0. The van der Waals surface area contributed by atoms with Crippen molar-refractivity contribution in [3.8, 4) is 0 Å². The minimum absolute atomic E-state index is 0.300. The van der Waals surface area contributed by atoms with E-state index in [1.165, 1.54) is 4.90 Å². The van der Waals surface area contributed by atoms with Crippen molar-refractivity contribution in [2.75, 3.05) is 14.1 Å². The fourth-order valence-corrected chi connectivity index (χ4v) is 1.02. The van der Waals surface area contributed by atoms with Crippen LogP contribution in [0, 0.1) is 0 Å². The fourth-order valence-electron chi connectivity index (χ4n) is 1.02. The largest absolute Gasteiger partial charge is 0.378 e. The highest BCUT2D eigenvalue weighted by Gasteiger charge is 2.17. The first-order chi connectivity index (χ1) is 6.13. The Morgan fingerprint density at radius 3 is 2.31 bits per heavy atom. The Bertz CT molecular complexity index is 282. The molecule has 3 nitrogen and oxygen atoms in total. The first kappa shape index (κ1) is 9.74. The lowest BCUT2D eigenvalue weighted by molar-refractivity contribution is -0.137. The van der Waals surface area contributed by atoms with Crippen molar-refractivity contribution in [3.63, 3.8) is 0 Å². The molecular formula is C10H13NO2. The van der Waals surface area contributed by atoms with Crippen LogP contribution in [0.2, 0.25) is 0 Å². The number of carbonyl (C=O) groups excluding carboxylic acids is 1. The number of nitrogens with zero attached hydrogens (tertiary/aromatic N) is 1. The minimum Gasteiger partial charge on any atom is -0.378 e. The van der Waals surface area contributed by atoms with E-state index in [0.29, 0.717) is 5.56 Å². The van der Waals surface area contributed by atoms with Gasteiger partial charge in [-0.2, -0.15) is 0 Å². The average Bonchev–Trinajstić information content (AvgIpc) is 2.17. The topological polar surface area (TPSA) is 40.5 Å². The minimum atomic E-state index is -1.05. The maximum Gasteiger partial charge on any atom is 0.255 e. The third kappa shape index (κ3) is 2.29. The van der Waals surface area contributed by atoms with Crippen LogP contribution in [0.1, 0.15) is 11.7 Å². The first-order valence-corrected chi connectivity index (χ1v) is 4.07. The maximum atomic E-state index is 11.3. The van der Waals surface area contributed by atoms with E-state index < -0.39 is 6.10 Å². The quantitative estimate of drug-likeness (QED) is 0.729. The molecule has 1 N–H and O–H groups in total. The molecule has 0 aliphatic carbocycles. The number of hydrogen-bond acceptors (Lipinski definition) is 2. The number of aliphatic hydroxyl groups is 1. The van der Waals surface area contributed by atoms with E-state index in [2.05, 4.69) is 0 Å². The predicted molar refractivity (Wildman–Crippen MR) is 50.1 cm³/mol. The van der Waals surface area contributed by atoms with Crippen LogP contribution >= 0.6 is 0 Å². The predicted octanol–water partition coefficient (Wildman–Crippen LogP) is 0.808. The van der Waals surface area contributed by atoms with Crippen LogP contribution in [0.3, 0.4) is 0 Å². The summed E-state index contributed by atoms with van der Waals surface area (Å²) >= 11 is 0. The summed E-state index contributed by atoms with van der Waals surface area (Å²) < 4.78 is 0. The maximum absolute atomic E-state index is 11.3. The molecule has 0 aliphatic rings. The smallest absolute Gasteiger partial charge is 0.255 e. The molecule has 1 amide bonds. The van der Waals surface area contributed by atoms with Gasteiger partial charge in [0, 0.05) is 14.1 Å². The van der Waals surface area contributed by atoms with E-state index >= 15 is 0 Å². The van der Waals surface area contributed by atoms with Crippen molar-refractivity contribution in [1.82, 2.24) is 4.90 Å². The Kier molecular flexibility index (Phi) is 3.03. The van der Waals surface area contributed by atoms with Crippen LogP contribution in [0.4, 0.5) is 0 Å². The van der Waals surface area contributed by atoms with Crippen LogP contribution in [0.25, 0.3) is 0 Å². The van der Waals surface area contributed by atoms with E-state index in [1.807, 2.05) is 6.07 Å². The zero-order chi connectivity index (χ0) is 9.84. The second-order valence-electron chi connectivity index (χ2n) is 3.05. The Labute approximate surface area is 77.6 Å². The number of aliphatic hydroxyl groups excluding tert-OH is 1. The molecule has 0 saturated carbocycles. The van der Waals surface area contributed by atoms with Gasteiger partial charge < -0.3 is 10.0 Å². The van der Waals surface area contributed by atoms with Gasteiger partial charge in [-0.3, -0.25) is 4.79 Å². The van der Waals surface area contributed by atoms with Gasteiger partial charge in [-0.25, -0.2) is 0 Å².